The molecular formula is C16H23Cl2N3O2. The van der Waals surface area contributed by atoms with Gasteiger partial charge in [-0.15, -0.1) is 0 Å². The molecule has 0 fully saturated rings. The molecule has 1 aromatic carbocycles. The molecule has 0 aromatic heterocycles. The summed E-state index contributed by atoms with van der Waals surface area (Å²) in [4.78, 5) is 23.5. The fourth-order valence-corrected chi connectivity index (χ4v) is 2.77. The molecule has 0 heterocycles. The van der Waals surface area contributed by atoms with Crippen molar-refractivity contribution < 1.29 is 9.59 Å². The van der Waals surface area contributed by atoms with Crippen molar-refractivity contribution in [3.8, 4) is 0 Å². The van der Waals surface area contributed by atoms with Gasteiger partial charge in [-0.1, -0.05) is 50.0 Å². The predicted molar refractivity (Wildman–Crippen MR) is 93.7 cm³/mol. The Morgan fingerprint density at radius 1 is 1.13 bits per heavy atom. The van der Waals surface area contributed by atoms with Crippen LogP contribution in [0.3, 0.4) is 0 Å². The van der Waals surface area contributed by atoms with Gasteiger partial charge in [-0.2, -0.15) is 0 Å². The minimum Gasteiger partial charge on any atom is -0.354 e. The van der Waals surface area contributed by atoms with Crippen LogP contribution in [0.25, 0.3) is 0 Å². The number of amides is 2. The predicted octanol–water partition coefficient (Wildman–Crippen LogP) is 2.31. The molecule has 0 bridgehead atoms. The van der Waals surface area contributed by atoms with Gasteiger partial charge in [0.2, 0.25) is 11.8 Å². The number of nitrogens with one attached hydrogen (secondary N) is 2. The highest BCUT2D eigenvalue weighted by Gasteiger charge is 2.18. The molecule has 1 rings (SSSR count). The molecule has 0 aliphatic carbocycles. The summed E-state index contributed by atoms with van der Waals surface area (Å²) >= 11 is 12.3. The number of nitrogens with two attached hydrogens (primary N) is 1. The highest BCUT2D eigenvalue weighted by atomic mass is 35.5. The molecule has 1 aromatic rings. The van der Waals surface area contributed by atoms with E-state index in [9.17, 15) is 9.59 Å². The molecule has 0 saturated heterocycles. The highest BCUT2D eigenvalue weighted by molar-refractivity contribution is 6.36. The van der Waals surface area contributed by atoms with Crippen LogP contribution in [-0.2, 0) is 9.59 Å². The number of carbonyl (C=O) groups excluding carboxylic acids is 2. The Labute approximate surface area is 146 Å². The third kappa shape index (κ3) is 6.01. The lowest BCUT2D eigenvalue weighted by atomic mass is 10.0. The molecule has 2 atom stereocenters. The van der Waals surface area contributed by atoms with Crippen molar-refractivity contribution in [2.75, 3.05) is 13.1 Å². The smallest absolute Gasteiger partial charge is 0.239 e. The molecule has 5 nitrogen and oxygen atoms in total. The van der Waals surface area contributed by atoms with E-state index in [1.807, 2.05) is 20.8 Å². The lowest BCUT2D eigenvalue weighted by Crippen LogP contribution is -2.47. The van der Waals surface area contributed by atoms with E-state index in [1.54, 1.807) is 18.2 Å². The fourth-order valence-electron chi connectivity index (χ4n) is 2.00. The topological polar surface area (TPSA) is 84.2 Å². The third-order valence-corrected chi connectivity index (χ3v) is 4.20. The minimum absolute atomic E-state index is 0.0143. The average Bonchev–Trinajstić information content (AvgIpc) is 2.49. The molecule has 0 saturated carbocycles. The van der Waals surface area contributed by atoms with Crippen LogP contribution >= 0.6 is 23.2 Å². The van der Waals surface area contributed by atoms with Crippen molar-refractivity contribution in [1.29, 1.82) is 0 Å². The van der Waals surface area contributed by atoms with Crippen molar-refractivity contribution in [1.82, 2.24) is 10.6 Å². The second kappa shape index (κ2) is 9.11. The van der Waals surface area contributed by atoms with Gasteiger partial charge < -0.3 is 16.4 Å². The summed E-state index contributed by atoms with van der Waals surface area (Å²) in [6.07, 6.45) is 0. The molecule has 4 N–H and O–H groups in total. The first kappa shape index (κ1) is 19.7. The number of benzene rings is 1. The monoisotopic (exact) mass is 359 g/mol. The SMILES string of the molecule is CC(CNC(=O)CNC(=O)[C@@H](N)C(C)C)c1c(Cl)cccc1Cl. The standard InChI is InChI=1S/C16H23Cl2N3O2/c1-9(2)15(19)16(23)21-8-13(22)20-7-10(3)14-11(17)5-4-6-12(14)18/h4-6,9-10,15H,7-8,19H2,1-3H3,(H,20,22)(H,21,23)/t10?,15-/m0/s1. The normalized spacial score (nSPS) is 13.5. The molecule has 0 aliphatic heterocycles. The molecule has 2 amide bonds. The van der Waals surface area contributed by atoms with Gasteiger partial charge in [-0.3, -0.25) is 9.59 Å². The van der Waals surface area contributed by atoms with Crippen LogP contribution in [0.15, 0.2) is 18.2 Å². The van der Waals surface area contributed by atoms with Crippen LogP contribution < -0.4 is 16.4 Å². The van der Waals surface area contributed by atoms with E-state index in [-0.39, 0.29) is 30.2 Å². The largest absolute Gasteiger partial charge is 0.354 e. The zero-order chi connectivity index (χ0) is 17.6. The van der Waals surface area contributed by atoms with Gasteiger partial charge >= 0.3 is 0 Å². The maximum Gasteiger partial charge on any atom is 0.239 e. The molecule has 7 heteroatoms. The molecule has 23 heavy (non-hydrogen) atoms. The van der Waals surface area contributed by atoms with Gasteiger partial charge in [-0.05, 0) is 23.6 Å². The summed E-state index contributed by atoms with van der Waals surface area (Å²) in [6.45, 7) is 5.87. The summed E-state index contributed by atoms with van der Waals surface area (Å²) in [5.41, 5.74) is 6.50. The van der Waals surface area contributed by atoms with Gasteiger partial charge in [0.1, 0.15) is 0 Å². The first-order chi connectivity index (χ1) is 10.7. The van der Waals surface area contributed by atoms with Crippen LogP contribution in [0, 0.1) is 5.92 Å². The van der Waals surface area contributed by atoms with E-state index in [2.05, 4.69) is 10.6 Å². The molecule has 0 spiro atoms. The number of hydrogen-bond acceptors (Lipinski definition) is 3. The van der Waals surface area contributed by atoms with E-state index in [0.29, 0.717) is 16.6 Å². The van der Waals surface area contributed by atoms with Crippen molar-refractivity contribution in [3.05, 3.63) is 33.8 Å². The van der Waals surface area contributed by atoms with E-state index >= 15 is 0 Å². The number of rotatable bonds is 7. The minimum atomic E-state index is -0.622. The van der Waals surface area contributed by atoms with Crippen LogP contribution in [0.2, 0.25) is 10.0 Å². The first-order valence-corrected chi connectivity index (χ1v) is 8.23. The second-order valence-corrected chi connectivity index (χ2v) is 6.64. The van der Waals surface area contributed by atoms with E-state index in [4.69, 9.17) is 28.9 Å². The average molecular weight is 360 g/mol. The van der Waals surface area contributed by atoms with Gasteiger partial charge in [0, 0.05) is 22.5 Å². The Hall–Kier alpha value is -1.30. The molecule has 0 radical (unpaired) electrons. The zero-order valence-electron chi connectivity index (χ0n) is 13.5. The summed E-state index contributed by atoms with van der Waals surface area (Å²) in [5, 5.41) is 6.40. The zero-order valence-corrected chi connectivity index (χ0v) is 15.0. The Morgan fingerprint density at radius 3 is 2.22 bits per heavy atom. The van der Waals surface area contributed by atoms with Gasteiger partial charge in [-0.25, -0.2) is 0 Å². The van der Waals surface area contributed by atoms with Crippen molar-refractivity contribution in [2.45, 2.75) is 32.7 Å². The molecule has 1 unspecified atom stereocenters. The number of hydrogen-bond donors (Lipinski definition) is 3. The Kier molecular flexibility index (Phi) is 7.82. The maximum atomic E-state index is 11.8. The lowest BCUT2D eigenvalue weighted by molar-refractivity contribution is -0.127. The first-order valence-electron chi connectivity index (χ1n) is 7.48. The number of carbonyl (C=O) groups is 2. The number of halogens is 2. The van der Waals surface area contributed by atoms with Crippen LogP contribution in [0.1, 0.15) is 32.3 Å². The quantitative estimate of drug-likeness (QED) is 0.698. The molecular weight excluding hydrogens is 337 g/mol. The van der Waals surface area contributed by atoms with Gasteiger partial charge in [0.25, 0.3) is 0 Å². The highest BCUT2D eigenvalue weighted by Crippen LogP contribution is 2.30. The van der Waals surface area contributed by atoms with Crippen LogP contribution in [0.5, 0.6) is 0 Å². The fraction of sp³-hybridized carbons (Fsp3) is 0.500. The Balaban J connectivity index is 2.46. The van der Waals surface area contributed by atoms with Gasteiger partial charge in [0.05, 0.1) is 12.6 Å². The molecule has 128 valence electrons. The van der Waals surface area contributed by atoms with Crippen LogP contribution in [-0.4, -0.2) is 30.9 Å². The van der Waals surface area contributed by atoms with Crippen molar-refractivity contribution in [3.63, 3.8) is 0 Å². The van der Waals surface area contributed by atoms with E-state index < -0.39 is 6.04 Å². The maximum absolute atomic E-state index is 11.8. The summed E-state index contributed by atoms with van der Waals surface area (Å²) < 4.78 is 0. The Morgan fingerprint density at radius 2 is 1.70 bits per heavy atom. The second-order valence-electron chi connectivity index (χ2n) is 5.83. The van der Waals surface area contributed by atoms with E-state index in [0.717, 1.165) is 5.56 Å². The van der Waals surface area contributed by atoms with Crippen molar-refractivity contribution >= 4 is 35.0 Å². The Bertz CT molecular complexity index is 544. The molecule has 0 aliphatic rings. The summed E-state index contributed by atoms with van der Waals surface area (Å²) in [5.74, 6) is -0.657. The lowest BCUT2D eigenvalue weighted by Gasteiger charge is -2.17. The van der Waals surface area contributed by atoms with Crippen molar-refractivity contribution in [2.24, 2.45) is 11.7 Å². The van der Waals surface area contributed by atoms with Gasteiger partial charge in [0.15, 0.2) is 0 Å². The van der Waals surface area contributed by atoms with Crippen LogP contribution in [0.4, 0.5) is 0 Å². The summed E-state index contributed by atoms with van der Waals surface area (Å²) in [6, 6.07) is 4.67. The van der Waals surface area contributed by atoms with E-state index in [1.165, 1.54) is 0 Å². The summed E-state index contributed by atoms with van der Waals surface area (Å²) in [7, 11) is 0. The third-order valence-electron chi connectivity index (χ3n) is 3.54.